The Labute approximate surface area is 214 Å². The molecule has 0 saturated carbocycles. The lowest BCUT2D eigenvalue weighted by Gasteiger charge is -2.23. The van der Waals surface area contributed by atoms with E-state index < -0.39 is 24.3 Å². The molecule has 0 spiro atoms. The standard InChI is InChI=1S/C16H19N7S.2C2HF3O2/c1-3-18-16(19-4-1)20-8-13-9-22(12-15-17-6-7-24-15)11-14-2-5-21-23(14)10-13;2*3-2(4,5)1(6)7/h1-7,13H,8-12H2,(H,18,19,20);2*(H,6,7). The summed E-state index contributed by atoms with van der Waals surface area (Å²) in [6, 6.07) is 3.92. The predicted octanol–water partition coefficient (Wildman–Crippen LogP) is 3.14. The smallest absolute Gasteiger partial charge is 0.475 e. The molecule has 0 aromatic carbocycles. The number of fused-ring (bicyclic) bond motifs is 1. The molecule has 1 aliphatic rings. The molecule has 3 aromatic heterocycles. The fourth-order valence-electron chi connectivity index (χ4n) is 3.02. The highest BCUT2D eigenvalue weighted by molar-refractivity contribution is 7.09. The van der Waals surface area contributed by atoms with Gasteiger partial charge in [0.1, 0.15) is 5.01 Å². The van der Waals surface area contributed by atoms with Crippen LogP contribution in [0.4, 0.5) is 32.3 Å². The number of hydrogen-bond donors (Lipinski definition) is 3. The second-order valence-corrected chi connectivity index (χ2v) is 8.50. The molecule has 11 nitrogen and oxygen atoms in total. The van der Waals surface area contributed by atoms with Crippen LogP contribution >= 0.6 is 11.3 Å². The van der Waals surface area contributed by atoms with Gasteiger partial charge in [-0.05, 0) is 12.1 Å². The fraction of sp³-hybridized carbons (Fsp3) is 0.400. The van der Waals surface area contributed by atoms with Gasteiger partial charge in [-0.2, -0.15) is 31.4 Å². The lowest BCUT2D eigenvalue weighted by Crippen LogP contribution is -2.31. The second-order valence-electron chi connectivity index (χ2n) is 7.53. The summed E-state index contributed by atoms with van der Waals surface area (Å²) in [5.74, 6) is -4.41. The first-order valence-corrected chi connectivity index (χ1v) is 11.4. The maximum atomic E-state index is 10.6. The average Bonchev–Trinajstić information content (AvgIpc) is 3.47. The normalized spacial score (nSPS) is 15.6. The van der Waals surface area contributed by atoms with Gasteiger partial charge >= 0.3 is 24.3 Å². The number of carbonyl (C=O) groups is 2. The van der Waals surface area contributed by atoms with Crippen molar-refractivity contribution < 1.29 is 46.1 Å². The average molecular weight is 569 g/mol. The molecule has 4 heterocycles. The zero-order valence-corrected chi connectivity index (χ0v) is 20.0. The van der Waals surface area contributed by atoms with Crippen molar-refractivity contribution in [1.82, 2.24) is 29.6 Å². The summed E-state index contributed by atoms with van der Waals surface area (Å²) in [6.07, 6.45) is -2.91. The van der Waals surface area contributed by atoms with Crippen LogP contribution < -0.4 is 5.32 Å². The van der Waals surface area contributed by atoms with Gasteiger partial charge in [0.25, 0.3) is 0 Å². The Balaban J connectivity index is 0.000000301. The van der Waals surface area contributed by atoms with E-state index in [1.54, 1.807) is 23.7 Å². The van der Waals surface area contributed by atoms with Gasteiger partial charge in [-0.25, -0.2) is 24.5 Å². The summed E-state index contributed by atoms with van der Waals surface area (Å²) in [7, 11) is 0. The molecule has 38 heavy (non-hydrogen) atoms. The molecule has 0 aliphatic carbocycles. The largest absolute Gasteiger partial charge is 0.490 e. The molecule has 208 valence electrons. The molecule has 4 rings (SSSR count). The molecule has 0 fully saturated rings. The number of anilines is 1. The molecule has 3 N–H and O–H groups in total. The number of carboxylic acids is 2. The lowest BCUT2D eigenvalue weighted by molar-refractivity contribution is -0.193. The Morgan fingerprint density at radius 3 is 2.11 bits per heavy atom. The van der Waals surface area contributed by atoms with Crippen LogP contribution in [0.2, 0.25) is 0 Å². The Kier molecular flexibility index (Phi) is 10.9. The van der Waals surface area contributed by atoms with Gasteiger partial charge in [0.2, 0.25) is 5.95 Å². The number of hydrogen-bond acceptors (Lipinski definition) is 9. The van der Waals surface area contributed by atoms with E-state index in [4.69, 9.17) is 19.8 Å². The van der Waals surface area contributed by atoms with Gasteiger partial charge in [0.05, 0.1) is 12.2 Å². The number of aliphatic carboxylic acids is 2. The van der Waals surface area contributed by atoms with Gasteiger partial charge in [0, 0.05) is 62.3 Å². The molecule has 0 amide bonds. The van der Waals surface area contributed by atoms with Crippen molar-refractivity contribution in [1.29, 1.82) is 0 Å². The highest BCUT2D eigenvalue weighted by Crippen LogP contribution is 2.19. The minimum absolute atomic E-state index is 0.426. The van der Waals surface area contributed by atoms with E-state index in [2.05, 4.69) is 41.0 Å². The summed E-state index contributed by atoms with van der Waals surface area (Å²) < 4.78 is 65.6. The van der Waals surface area contributed by atoms with Gasteiger partial charge < -0.3 is 15.5 Å². The maximum absolute atomic E-state index is 10.6. The van der Waals surface area contributed by atoms with Crippen molar-refractivity contribution in [2.75, 3.05) is 18.4 Å². The van der Waals surface area contributed by atoms with Crippen LogP contribution in [0.5, 0.6) is 0 Å². The maximum Gasteiger partial charge on any atom is 0.490 e. The highest BCUT2D eigenvalue weighted by Gasteiger charge is 2.38. The molecule has 1 atom stereocenters. The van der Waals surface area contributed by atoms with E-state index in [0.29, 0.717) is 11.9 Å². The first-order valence-electron chi connectivity index (χ1n) is 10.5. The Bertz CT molecular complexity index is 1120. The zero-order chi connectivity index (χ0) is 28.3. The molecule has 3 aromatic rings. The molecule has 18 heteroatoms. The molecule has 0 radical (unpaired) electrons. The van der Waals surface area contributed by atoms with E-state index in [1.807, 2.05) is 23.8 Å². The number of nitrogens with one attached hydrogen (secondary N) is 1. The third-order valence-corrected chi connectivity index (χ3v) is 5.34. The van der Waals surface area contributed by atoms with Crippen molar-refractivity contribution in [3.05, 3.63) is 53.0 Å². The molecular formula is C20H21F6N7O4S. The number of carboxylic acid groups (broad SMARTS) is 2. The van der Waals surface area contributed by atoms with Gasteiger partial charge in [-0.15, -0.1) is 11.3 Å². The summed E-state index contributed by atoms with van der Waals surface area (Å²) >= 11 is 1.71. The number of rotatable bonds is 5. The van der Waals surface area contributed by atoms with E-state index in [-0.39, 0.29) is 0 Å². The van der Waals surface area contributed by atoms with Crippen LogP contribution in [0.15, 0.2) is 42.3 Å². The van der Waals surface area contributed by atoms with E-state index in [0.717, 1.165) is 37.7 Å². The van der Waals surface area contributed by atoms with Crippen molar-refractivity contribution >= 4 is 29.2 Å². The Hall–Kier alpha value is -3.80. The van der Waals surface area contributed by atoms with Crippen LogP contribution in [0.25, 0.3) is 0 Å². The van der Waals surface area contributed by atoms with Crippen LogP contribution in [-0.2, 0) is 29.2 Å². The van der Waals surface area contributed by atoms with Crippen LogP contribution in [0, 0.1) is 5.92 Å². The van der Waals surface area contributed by atoms with Crippen molar-refractivity contribution in [2.45, 2.75) is 32.0 Å². The minimum Gasteiger partial charge on any atom is -0.475 e. The molecule has 0 bridgehead atoms. The van der Waals surface area contributed by atoms with Gasteiger partial charge in [-0.3, -0.25) is 9.58 Å². The van der Waals surface area contributed by atoms with Crippen molar-refractivity contribution in [2.24, 2.45) is 5.92 Å². The predicted molar refractivity (Wildman–Crippen MR) is 120 cm³/mol. The first kappa shape index (κ1) is 30.4. The Morgan fingerprint density at radius 2 is 1.58 bits per heavy atom. The Morgan fingerprint density at radius 1 is 0.974 bits per heavy atom. The minimum atomic E-state index is -5.08. The third-order valence-electron chi connectivity index (χ3n) is 4.58. The molecular weight excluding hydrogens is 548 g/mol. The number of aromatic nitrogens is 5. The second kappa shape index (κ2) is 13.7. The topological polar surface area (TPSA) is 146 Å². The van der Waals surface area contributed by atoms with Crippen LogP contribution in [0.1, 0.15) is 10.7 Å². The number of nitrogens with zero attached hydrogens (tertiary/aromatic N) is 6. The quantitative estimate of drug-likeness (QED) is 0.392. The summed E-state index contributed by atoms with van der Waals surface area (Å²) in [6.45, 7) is 4.48. The van der Waals surface area contributed by atoms with E-state index >= 15 is 0 Å². The van der Waals surface area contributed by atoms with Crippen LogP contribution in [-0.4, -0.2) is 77.2 Å². The highest BCUT2D eigenvalue weighted by atomic mass is 32.1. The molecule has 0 saturated heterocycles. The van der Waals surface area contributed by atoms with Gasteiger partial charge in [-0.1, -0.05) is 0 Å². The monoisotopic (exact) mass is 569 g/mol. The van der Waals surface area contributed by atoms with Crippen LogP contribution in [0.3, 0.4) is 0 Å². The summed E-state index contributed by atoms with van der Waals surface area (Å²) in [5, 5.41) is 25.2. The summed E-state index contributed by atoms with van der Waals surface area (Å²) in [4.78, 5) is 33.1. The van der Waals surface area contributed by atoms with Crippen molar-refractivity contribution in [3.63, 3.8) is 0 Å². The SMILES string of the molecule is O=C(O)C(F)(F)F.O=C(O)C(F)(F)F.c1cnc(NCC2CN(Cc3nccs3)Cc3ccnn3C2)nc1. The third kappa shape index (κ3) is 10.7. The molecule has 1 aliphatic heterocycles. The number of alkyl halides is 6. The number of halogens is 6. The number of thiazole rings is 1. The fourth-order valence-corrected chi connectivity index (χ4v) is 3.68. The van der Waals surface area contributed by atoms with E-state index in [9.17, 15) is 26.3 Å². The van der Waals surface area contributed by atoms with E-state index in [1.165, 1.54) is 5.69 Å². The first-order chi connectivity index (χ1) is 17.8. The summed E-state index contributed by atoms with van der Waals surface area (Å²) in [5.41, 5.74) is 1.25. The zero-order valence-electron chi connectivity index (χ0n) is 19.2. The lowest BCUT2D eigenvalue weighted by atomic mass is 10.1. The van der Waals surface area contributed by atoms with Crippen molar-refractivity contribution in [3.8, 4) is 0 Å². The van der Waals surface area contributed by atoms with Gasteiger partial charge in [0.15, 0.2) is 0 Å². The molecule has 1 unspecified atom stereocenters.